The Bertz CT molecular complexity index is 800. The van der Waals surface area contributed by atoms with Crippen molar-refractivity contribution in [3.8, 4) is 5.69 Å². The Labute approximate surface area is 125 Å². The Morgan fingerprint density at radius 2 is 1.81 bits per heavy atom. The quantitative estimate of drug-likeness (QED) is 0.798. The van der Waals surface area contributed by atoms with E-state index in [1.165, 1.54) is 27.9 Å². The van der Waals surface area contributed by atoms with Gasteiger partial charge in [-0.25, -0.2) is 4.98 Å². The Balaban J connectivity index is 2.23. The van der Waals surface area contributed by atoms with Gasteiger partial charge in [0.05, 0.1) is 16.7 Å². The third kappa shape index (κ3) is 2.45. The van der Waals surface area contributed by atoms with Crippen LogP contribution in [0.5, 0.6) is 0 Å². The minimum Gasteiger partial charge on any atom is -0.330 e. The lowest BCUT2D eigenvalue weighted by Crippen LogP contribution is -2.07. The van der Waals surface area contributed by atoms with E-state index in [4.69, 9.17) is 5.73 Å². The number of rotatable bonds is 3. The fraction of sp³-hybridized carbons (Fsp3) is 0.278. The van der Waals surface area contributed by atoms with Crippen LogP contribution in [0.1, 0.15) is 22.3 Å². The van der Waals surface area contributed by atoms with Gasteiger partial charge in [0.2, 0.25) is 0 Å². The Hall–Kier alpha value is -2.13. The number of fused-ring (bicyclic) bond motifs is 1. The third-order valence-electron chi connectivity index (χ3n) is 4.07. The standard InChI is InChI=1S/C18H21N3/c1-12-4-5-17(15(8-12)6-7-19)21-11-20-16-9-13(2)14(3)10-18(16)21/h4-5,8-11H,6-7,19H2,1-3H3. The fourth-order valence-electron chi connectivity index (χ4n) is 2.76. The highest BCUT2D eigenvalue weighted by Gasteiger charge is 2.10. The van der Waals surface area contributed by atoms with Gasteiger partial charge in [0, 0.05) is 0 Å². The topological polar surface area (TPSA) is 43.8 Å². The fourth-order valence-corrected chi connectivity index (χ4v) is 2.76. The molecule has 0 bridgehead atoms. The predicted octanol–water partition coefficient (Wildman–Crippen LogP) is 3.45. The highest BCUT2D eigenvalue weighted by Crippen LogP contribution is 2.24. The summed E-state index contributed by atoms with van der Waals surface area (Å²) >= 11 is 0. The molecule has 21 heavy (non-hydrogen) atoms. The van der Waals surface area contributed by atoms with Gasteiger partial charge in [0.15, 0.2) is 0 Å². The summed E-state index contributed by atoms with van der Waals surface area (Å²) in [5, 5.41) is 0. The molecular weight excluding hydrogens is 258 g/mol. The van der Waals surface area contributed by atoms with Crippen LogP contribution in [-0.2, 0) is 6.42 Å². The number of hydrogen-bond donors (Lipinski definition) is 1. The Morgan fingerprint density at radius 3 is 2.57 bits per heavy atom. The molecule has 0 saturated carbocycles. The number of nitrogens with zero attached hydrogens (tertiary/aromatic N) is 2. The molecule has 0 spiro atoms. The number of nitrogens with two attached hydrogens (primary N) is 1. The van der Waals surface area contributed by atoms with Crippen LogP contribution in [0.4, 0.5) is 0 Å². The molecule has 3 nitrogen and oxygen atoms in total. The molecule has 1 heterocycles. The first-order chi connectivity index (χ1) is 10.1. The number of benzene rings is 2. The molecule has 0 saturated heterocycles. The molecule has 0 aliphatic carbocycles. The maximum absolute atomic E-state index is 5.76. The van der Waals surface area contributed by atoms with E-state index in [0.29, 0.717) is 6.54 Å². The molecule has 0 aliphatic rings. The smallest absolute Gasteiger partial charge is 0.100 e. The summed E-state index contributed by atoms with van der Waals surface area (Å²) in [5.41, 5.74) is 14.2. The molecule has 0 amide bonds. The van der Waals surface area contributed by atoms with Crippen molar-refractivity contribution in [1.29, 1.82) is 0 Å². The second-order valence-corrected chi connectivity index (χ2v) is 5.71. The van der Waals surface area contributed by atoms with Crippen molar-refractivity contribution in [3.05, 3.63) is 58.9 Å². The van der Waals surface area contributed by atoms with Gasteiger partial charge in [-0.1, -0.05) is 17.7 Å². The summed E-state index contributed by atoms with van der Waals surface area (Å²) in [6.45, 7) is 7.03. The summed E-state index contributed by atoms with van der Waals surface area (Å²) in [6, 6.07) is 10.9. The zero-order chi connectivity index (χ0) is 15.0. The van der Waals surface area contributed by atoms with Crippen LogP contribution >= 0.6 is 0 Å². The van der Waals surface area contributed by atoms with Gasteiger partial charge in [-0.2, -0.15) is 0 Å². The van der Waals surface area contributed by atoms with Gasteiger partial charge in [-0.15, -0.1) is 0 Å². The molecule has 3 heteroatoms. The zero-order valence-electron chi connectivity index (χ0n) is 12.9. The van der Waals surface area contributed by atoms with E-state index in [9.17, 15) is 0 Å². The van der Waals surface area contributed by atoms with Crippen LogP contribution in [0.25, 0.3) is 16.7 Å². The first-order valence-corrected chi connectivity index (χ1v) is 7.34. The highest BCUT2D eigenvalue weighted by molar-refractivity contribution is 5.79. The zero-order valence-corrected chi connectivity index (χ0v) is 12.9. The Kier molecular flexibility index (Phi) is 3.52. The van der Waals surface area contributed by atoms with Crippen LogP contribution in [0.15, 0.2) is 36.7 Å². The van der Waals surface area contributed by atoms with Crippen LogP contribution in [0.2, 0.25) is 0 Å². The highest BCUT2D eigenvalue weighted by atomic mass is 15.0. The van der Waals surface area contributed by atoms with Crippen molar-refractivity contribution < 1.29 is 0 Å². The van der Waals surface area contributed by atoms with Gasteiger partial charge in [0.1, 0.15) is 6.33 Å². The maximum Gasteiger partial charge on any atom is 0.100 e. The molecule has 108 valence electrons. The van der Waals surface area contributed by atoms with E-state index in [1.807, 2.05) is 6.33 Å². The normalized spacial score (nSPS) is 11.2. The number of aryl methyl sites for hydroxylation is 3. The maximum atomic E-state index is 5.76. The van der Waals surface area contributed by atoms with Crippen molar-refractivity contribution in [2.45, 2.75) is 27.2 Å². The second kappa shape index (κ2) is 5.34. The summed E-state index contributed by atoms with van der Waals surface area (Å²) in [5.74, 6) is 0. The summed E-state index contributed by atoms with van der Waals surface area (Å²) < 4.78 is 2.17. The predicted molar refractivity (Wildman–Crippen MR) is 88.0 cm³/mol. The average Bonchev–Trinajstić information content (AvgIpc) is 2.83. The number of hydrogen-bond acceptors (Lipinski definition) is 2. The third-order valence-corrected chi connectivity index (χ3v) is 4.07. The van der Waals surface area contributed by atoms with Crippen molar-refractivity contribution >= 4 is 11.0 Å². The van der Waals surface area contributed by atoms with Gasteiger partial charge >= 0.3 is 0 Å². The van der Waals surface area contributed by atoms with E-state index in [-0.39, 0.29) is 0 Å². The van der Waals surface area contributed by atoms with E-state index in [0.717, 1.165) is 17.5 Å². The summed E-state index contributed by atoms with van der Waals surface area (Å²) in [6.07, 6.45) is 2.79. The van der Waals surface area contributed by atoms with E-state index < -0.39 is 0 Å². The van der Waals surface area contributed by atoms with Gasteiger partial charge < -0.3 is 5.73 Å². The average molecular weight is 279 g/mol. The van der Waals surface area contributed by atoms with E-state index in [2.05, 4.69) is 60.7 Å². The van der Waals surface area contributed by atoms with Crippen LogP contribution < -0.4 is 5.73 Å². The largest absolute Gasteiger partial charge is 0.330 e. The number of aromatic nitrogens is 2. The number of imidazole rings is 1. The molecule has 3 aromatic rings. The lowest BCUT2D eigenvalue weighted by molar-refractivity contribution is 0.939. The molecule has 0 fully saturated rings. The molecule has 1 aromatic heterocycles. The monoisotopic (exact) mass is 279 g/mol. The summed E-state index contributed by atoms with van der Waals surface area (Å²) in [4.78, 5) is 4.55. The molecule has 2 aromatic carbocycles. The molecule has 0 radical (unpaired) electrons. The molecule has 2 N–H and O–H groups in total. The first-order valence-electron chi connectivity index (χ1n) is 7.34. The first kappa shape index (κ1) is 13.8. The minimum atomic E-state index is 0.654. The lowest BCUT2D eigenvalue weighted by Gasteiger charge is -2.12. The van der Waals surface area contributed by atoms with Crippen LogP contribution in [0, 0.1) is 20.8 Å². The molecule has 0 atom stereocenters. The Morgan fingerprint density at radius 1 is 1.05 bits per heavy atom. The van der Waals surface area contributed by atoms with Crippen LogP contribution in [-0.4, -0.2) is 16.1 Å². The van der Waals surface area contributed by atoms with Crippen LogP contribution in [0.3, 0.4) is 0 Å². The van der Waals surface area contributed by atoms with Crippen molar-refractivity contribution in [1.82, 2.24) is 9.55 Å². The second-order valence-electron chi connectivity index (χ2n) is 5.71. The van der Waals surface area contributed by atoms with Gasteiger partial charge in [-0.3, -0.25) is 4.57 Å². The van der Waals surface area contributed by atoms with Gasteiger partial charge in [-0.05, 0) is 68.6 Å². The van der Waals surface area contributed by atoms with Crippen molar-refractivity contribution in [2.75, 3.05) is 6.54 Å². The van der Waals surface area contributed by atoms with E-state index >= 15 is 0 Å². The molecule has 0 unspecified atom stereocenters. The molecular formula is C18H21N3. The minimum absolute atomic E-state index is 0.654. The van der Waals surface area contributed by atoms with Crippen molar-refractivity contribution in [3.63, 3.8) is 0 Å². The lowest BCUT2D eigenvalue weighted by atomic mass is 10.1. The summed E-state index contributed by atoms with van der Waals surface area (Å²) in [7, 11) is 0. The van der Waals surface area contributed by atoms with E-state index in [1.54, 1.807) is 0 Å². The van der Waals surface area contributed by atoms with Gasteiger partial charge in [0.25, 0.3) is 0 Å². The molecule has 0 aliphatic heterocycles. The van der Waals surface area contributed by atoms with Crippen molar-refractivity contribution in [2.24, 2.45) is 5.73 Å². The SMILES string of the molecule is Cc1ccc(-n2cnc3cc(C)c(C)cc32)c(CCN)c1. The molecule has 3 rings (SSSR count).